The number of anilines is 1. The molecule has 1 aromatic heterocycles. The number of hydrogen-bond acceptors (Lipinski definition) is 7. The topological polar surface area (TPSA) is 98.9 Å². The normalized spacial score (nSPS) is 10.8. The summed E-state index contributed by atoms with van der Waals surface area (Å²) in [5.74, 6) is 1.55. The average molecular weight is 471 g/mol. The summed E-state index contributed by atoms with van der Waals surface area (Å²) in [6, 6.07) is 14.6. The SMILES string of the molecule is COc1cc(/C=N/Nc2ccc([N+](=O)[O-])cn2)cc(Br)c1OCc1ccc(C)cc1. The summed E-state index contributed by atoms with van der Waals surface area (Å²) in [6.07, 6.45) is 2.75. The van der Waals surface area contributed by atoms with Gasteiger partial charge < -0.3 is 9.47 Å². The van der Waals surface area contributed by atoms with Crippen LogP contribution in [0.2, 0.25) is 0 Å². The van der Waals surface area contributed by atoms with Gasteiger partial charge in [0.25, 0.3) is 5.69 Å². The van der Waals surface area contributed by atoms with Gasteiger partial charge in [-0.2, -0.15) is 5.10 Å². The third kappa shape index (κ3) is 5.54. The predicted molar refractivity (Wildman–Crippen MR) is 118 cm³/mol. The minimum atomic E-state index is -0.508. The van der Waals surface area contributed by atoms with Crippen molar-refractivity contribution in [2.75, 3.05) is 12.5 Å². The monoisotopic (exact) mass is 470 g/mol. The number of nitrogens with zero attached hydrogens (tertiary/aromatic N) is 3. The van der Waals surface area contributed by atoms with E-state index in [4.69, 9.17) is 9.47 Å². The molecular formula is C21H19BrN4O4. The molecule has 0 spiro atoms. The van der Waals surface area contributed by atoms with Crippen LogP contribution >= 0.6 is 15.9 Å². The number of pyridine rings is 1. The summed E-state index contributed by atoms with van der Waals surface area (Å²) in [7, 11) is 1.57. The number of nitrogens with one attached hydrogen (secondary N) is 1. The van der Waals surface area contributed by atoms with Crippen LogP contribution in [0.4, 0.5) is 11.5 Å². The number of benzene rings is 2. The molecule has 0 unspecified atom stereocenters. The second-order valence-corrected chi connectivity index (χ2v) is 7.19. The number of nitro groups is 1. The van der Waals surface area contributed by atoms with Gasteiger partial charge in [-0.3, -0.25) is 15.5 Å². The molecule has 0 radical (unpaired) electrons. The number of hydrogen-bond donors (Lipinski definition) is 1. The summed E-state index contributed by atoms with van der Waals surface area (Å²) in [5, 5.41) is 14.8. The van der Waals surface area contributed by atoms with E-state index in [1.54, 1.807) is 19.4 Å². The number of hydrazone groups is 1. The Labute approximate surface area is 181 Å². The van der Waals surface area contributed by atoms with Gasteiger partial charge in [-0.15, -0.1) is 0 Å². The third-order valence-corrected chi connectivity index (χ3v) is 4.70. The number of aryl methyl sites for hydroxylation is 1. The molecule has 1 heterocycles. The Morgan fingerprint density at radius 1 is 1.23 bits per heavy atom. The highest BCUT2D eigenvalue weighted by atomic mass is 79.9. The average Bonchev–Trinajstić information content (AvgIpc) is 2.74. The van der Waals surface area contributed by atoms with Gasteiger partial charge in [-0.05, 0) is 52.2 Å². The van der Waals surface area contributed by atoms with Crippen molar-refractivity contribution in [3.8, 4) is 11.5 Å². The fourth-order valence-electron chi connectivity index (χ4n) is 2.53. The molecule has 3 rings (SSSR count). The molecule has 0 atom stereocenters. The molecule has 3 aromatic rings. The first-order valence-electron chi connectivity index (χ1n) is 8.91. The molecule has 0 aliphatic carbocycles. The zero-order valence-corrected chi connectivity index (χ0v) is 17.9. The number of halogens is 1. The Hall–Kier alpha value is -3.46. The van der Waals surface area contributed by atoms with Gasteiger partial charge in [0.15, 0.2) is 11.5 Å². The van der Waals surface area contributed by atoms with Gasteiger partial charge in [0.1, 0.15) is 18.6 Å². The highest BCUT2D eigenvalue weighted by Crippen LogP contribution is 2.36. The standard InChI is InChI=1S/C21H19BrN4O4/c1-14-3-5-15(6-4-14)13-30-21-18(22)9-16(10-19(21)29-2)11-24-25-20-8-7-17(12-23-20)26(27)28/h3-12H,13H2,1-2H3,(H,23,25)/b24-11+. The molecule has 0 aliphatic rings. The predicted octanol–water partition coefficient (Wildman–Crippen LogP) is 5.09. The summed E-state index contributed by atoms with van der Waals surface area (Å²) in [5.41, 5.74) is 5.66. The summed E-state index contributed by atoms with van der Waals surface area (Å²) in [6.45, 7) is 2.45. The fraction of sp³-hybridized carbons (Fsp3) is 0.143. The summed E-state index contributed by atoms with van der Waals surface area (Å²) in [4.78, 5) is 14.1. The second kappa shape index (κ2) is 9.84. The number of rotatable bonds is 8. The maximum absolute atomic E-state index is 10.7. The van der Waals surface area contributed by atoms with Crippen LogP contribution in [-0.2, 0) is 6.61 Å². The van der Waals surface area contributed by atoms with Crippen LogP contribution in [0, 0.1) is 17.0 Å². The van der Waals surface area contributed by atoms with Crippen LogP contribution in [0.3, 0.4) is 0 Å². The zero-order valence-electron chi connectivity index (χ0n) is 16.3. The van der Waals surface area contributed by atoms with Crippen molar-refractivity contribution in [1.29, 1.82) is 0 Å². The minimum absolute atomic E-state index is 0.0839. The Balaban J connectivity index is 1.68. The van der Waals surface area contributed by atoms with Gasteiger partial charge in [0.2, 0.25) is 0 Å². The first-order valence-corrected chi connectivity index (χ1v) is 9.71. The molecular weight excluding hydrogens is 452 g/mol. The second-order valence-electron chi connectivity index (χ2n) is 6.34. The largest absolute Gasteiger partial charge is 0.493 e. The number of ether oxygens (including phenoxy) is 2. The van der Waals surface area contributed by atoms with Crippen molar-refractivity contribution >= 4 is 33.6 Å². The van der Waals surface area contributed by atoms with Crippen LogP contribution in [0.25, 0.3) is 0 Å². The van der Waals surface area contributed by atoms with Gasteiger partial charge in [-0.25, -0.2) is 4.98 Å². The van der Waals surface area contributed by atoms with Crippen LogP contribution < -0.4 is 14.9 Å². The van der Waals surface area contributed by atoms with E-state index in [0.717, 1.165) is 21.8 Å². The molecule has 30 heavy (non-hydrogen) atoms. The molecule has 0 saturated carbocycles. The fourth-order valence-corrected chi connectivity index (χ4v) is 3.10. The maximum Gasteiger partial charge on any atom is 0.287 e. The molecule has 1 N–H and O–H groups in total. The van der Waals surface area contributed by atoms with Gasteiger partial charge in [0, 0.05) is 6.07 Å². The van der Waals surface area contributed by atoms with E-state index >= 15 is 0 Å². The third-order valence-electron chi connectivity index (χ3n) is 4.11. The molecule has 0 bridgehead atoms. The van der Waals surface area contributed by atoms with E-state index in [2.05, 4.69) is 31.4 Å². The van der Waals surface area contributed by atoms with Crippen LogP contribution in [0.15, 0.2) is 64.3 Å². The van der Waals surface area contributed by atoms with Crippen LogP contribution in [-0.4, -0.2) is 23.2 Å². The lowest BCUT2D eigenvalue weighted by Crippen LogP contribution is -2.00. The van der Waals surface area contributed by atoms with Crippen molar-refractivity contribution in [2.24, 2.45) is 5.10 Å². The van der Waals surface area contributed by atoms with E-state index in [1.165, 1.54) is 17.7 Å². The highest BCUT2D eigenvalue weighted by molar-refractivity contribution is 9.10. The van der Waals surface area contributed by atoms with Gasteiger partial charge in [-0.1, -0.05) is 29.8 Å². The maximum atomic E-state index is 10.7. The van der Waals surface area contributed by atoms with Crippen molar-refractivity contribution in [3.63, 3.8) is 0 Å². The van der Waals surface area contributed by atoms with E-state index in [-0.39, 0.29) is 5.69 Å². The first kappa shape index (κ1) is 21.3. The van der Waals surface area contributed by atoms with Crippen LogP contribution in [0.5, 0.6) is 11.5 Å². The smallest absolute Gasteiger partial charge is 0.287 e. The molecule has 2 aromatic carbocycles. The molecule has 0 amide bonds. The van der Waals surface area contributed by atoms with Crippen molar-refractivity contribution < 1.29 is 14.4 Å². The van der Waals surface area contributed by atoms with Crippen molar-refractivity contribution in [2.45, 2.75) is 13.5 Å². The summed E-state index contributed by atoms with van der Waals surface area (Å²) >= 11 is 3.52. The Bertz CT molecular complexity index is 1050. The quantitative estimate of drug-likeness (QED) is 0.279. The first-order chi connectivity index (χ1) is 14.5. The Morgan fingerprint density at radius 3 is 2.63 bits per heavy atom. The van der Waals surface area contributed by atoms with Crippen molar-refractivity contribution in [1.82, 2.24) is 4.98 Å². The van der Waals surface area contributed by atoms with Gasteiger partial charge in [0.05, 0.1) is 22.7 Å². The number of aromatic nitrogens is 1. The molecule has 9 heteroatoms. The minimum Gasteiger partial charge on any atom is -0.493 e. The highest BCUT2D eigenvalue weighted by Gasteiger charge is 2.12. The summed E-state index contributed by atoms with van der Waals surface area (Å²) < 4.78 is 12.1. The van der Waals surface area contributed by atoms with E-state index in [0.29, 0.717) is 23.9 Å². The molecule has 0 aliphatic heterocycles. The van der Waals surface area contributed by atoms with E-state index < -0.39 is 4.92 Å². The molecule has 8 nitrogen and oxygen atoms in total. The van der Waals surface area contributed by atoms with Gasteiger partial charge >= 0.3 is 0 Å². The van der Waals surface area contributed by atoms with E-state index in [1.807, 2.05) is 37.3 Å². The van der Waals surface area contributed by atoms with Crippen molar-refractivity contribution in [3.05, 3.63) is 86.0 Å². The Morgan fingerprint density at radius 2 is 2.00 bits per heavy atom. The molecule has 0 saturated heterocycles. The number of methoxy groups -OCH3 is 1. The van der Waals surface area contributed by atoms with E-state index in [9.17, 15) is 10.1 Å². The molecule has 0 fully saturated rings. The lowest BCUT2D eigenvalue weighted by molar-refractivity contribution is -0.385. The lowest BCUT2D eigenvalue weighted by atomic mass is 10.2. The zero-order chi connectivity index (χ0) is 21.5. The Kier molecular flexibility index (Phi) is 6.97. The van der Waals surface area contributed by atoms with Crippen LogP contribution in [0.1, 0.15) is 16.7 Å². The molecule has 154 valence electrons. The lowest BCUT2D eigenvalue weighted by Gasteiger charge is -2.13.